The largest absolute Gasteiger partial charge is 0.375 e. The molecule has 0 radical (unpaired) electrons. The minimum atomic E-state index is 0.693. The normalized spacial score (nSPS) is 10.8. The standard InChI is InChI=1S/C15H20N2S/c1-4-6-13-14(18-15(16)17-13)9-12-8-5-7-10(2)11(12)3/h5,7-8H,4,6,9H2,1-3H3,(H2,16,17). The molecule has 2 rings (SSSR count). The number of hydrogen-bond acceptors (Lipinski definition) is 3. The van der Waals surface area contributed by atoms with Crippen LogP contribution < -0.4 is 5.73 Å². The summed E-state index contributed by atoms with van der Waals surface area (Å²) in [6, 6.07) is 6.49. The molecule has 2 N–H and O–H groups in total. The van der Waals surface area contributed by atoms with Crippen LogP contribution in [0.25, 0.3) is 0 Å². The Balaban J connectivity index is 2.30. The number of rotatable bonds is 4. The number of nitrogens with two attached hydrogens (primary N) is 1. The van der Waals surface area contributed by atoms with Gasteiger partial charge in [0, 0.05) is 11.3 Å². The summed E-state index contributed by atoms with van der Waals surface area (Å²) in [5, 5.41) is 0.693. The van der Waals surface area contributed by atoms with Crippen LogP contribution in [0.5, 0.6) is 0 Å². The van der Waals surface area contributed by atoms with Crippen LogP contribution in [0.15, 0.2) is 18.2 Å². The summed E-state index contributed by atoms with van der Waals surface area (Å²) in [5.74, 6) is 0. The van der Waals surface area contributed by atoms with Gasteiger partial charge in [-0.25, -0.2) is 4.98 Å². The Hall–Kier alpha value is -1.35. The molecule has 0 bridgehead atoms. The molecule has 3 heteroatoms. The van der Waals surface area contributed by atoms with Crippen molar-refractivity contribution in [3.05, 3.63) is 45.5 Å². The average molecular weight is 260 g/mol. The smallest absolute Gasteiger partial charge is 0.180 e. The molecular weight excluding hydrogens is 240 g/mol. The minimum absolute atomic E-state index is 0.693. The monoisotopic (exact) mass is 260 g/mol. The van der Waals surface area contributed by atoms with Crippen LogP contribution in [-0.4, -0.2) is 4.98 Å². The fraction of sp³-hybridized carbons (Fsp3) is 0.400. The fourth-order valence-corrected chi connectivity index (χ4v) is 3.05. The lowest BCUT2D eigenvalue weighted by Crippen LogP contribution is -1.96. The SMILES string of the molecule is CCCc1nc(N)sc1Cc1cccc(C)c1C. The maximum atomic E-state index is 5.84. The molecule has 1 aromatic carbocycles. The van der Waals surface area contributed by atoms with Gasteiger partial charge < -0.3 is 5.73 Å². The second-order valence-electron chi connectivity index (χ2n) is 4.71. The van der Waals surface area contributed by atoms with Crippen LogP contribution in [0.4, 0.5) is 5.13 Å². The second kappa shape index (κ2) is 5.53. The molecule has 1 aromatic heterocycles. The van der Waals surface area contributed by atoms with E-state index in [9.17, 15) is 0 Å². The molecule has 0 saturated carbocycles. The van der Waals surface area contributed by atoms with Crippen molar-refractivity contribution in [3.63, 3.8) is 0 Å². The van der Waals surface area contributed by atoms with E-state index in [2.05, 4.69) is 44.0 Å². The quantitative estimate of drug-likeness (QED) is 0.906. The van der Waals surface area contributed by atoms with E-state index in [1.807, 2.05) is 0 Å². The van der Waals surface area contributed by atoms with Gasteiger partial charge in [0.25, 0.3) is 0 Å². The Morgan fingerprint density at radius 2 is 2.06 bits per heavy atom. The highest BCUT2D eigenvalue weighted by molar-refractivity contribution is 7.15. The van der Waals surface area contributed by atoms with Crippen LogP contribution in [0.1, 0.15) is 40.6 Å². The molecule has 96 valence electrons. The molecule has 0 atom stereocenters. The molecule has 2 aromatic rings. The molecule has 0 unspecified atom stereocenters. The van der Waals surface area contributed by atoms with Gasteiger partial charge in [-0.05, 0) is 37.0 Å². The molecule has 0 aliphatic rings. The molecule has 18 heavy (non-hydrogen) atoms. The molecule has 2 nitrogen and oxygen atoms in total. The van der Waals surface area contributed by atoms with Crippen molar-refractivity contribution >= 4 is 16.5 Å². The number of hydrogen-bond donors (Lipinski definition) is 1. The third kappa shape index (κ3) is 2.72. The highest BCUT2D eigenvalue weighted by Crippen LogP contribution is 2.26. The number of aryl methyl sites for hydroxylation is 2. The predicted octanol–water partition coefficient (Wildman–Crippen LogP) is 3.89. The summed E-state index contributed by atoms with van der Waals surface area (Å²) in [6.07, 6.45) is 3.09. The van der Waals surface area contributed by atoms with Crippen molar-refractivity contribution in [1.29, 1.82) is 0 Å². The zero-order valence-corrected chi connectivity index (χ0v) is 12.1. The molecular formula is C15H20N2S. The van der Waals surface area contributed by atoms with Gasteiger partial charge in [-0.15, -0.1) is 11.3 Å². The third-order valence-electron chi connectivity index (χ3n) is 3.35. The van der Waals surface area contributed by atoms with Crippen LogP contribution >= 0.6 is 11.3 Å². The van der Waals surface area contributed by atoms with E-state index in [1.54, 1.807) is 11.3 Å². The summed E-state index contributed by atoms with van der Waals surface area (Å²) in [4.78, 5) is 5.77. The van der Waals surface area contributed by atoms with Crippen LogP contribution in [0, 0.1) is 13.8 Å². The van der Waals surface area contributed by atoms with Gasteiger partial charge in [0.1, 0.15) is 0 Å². The van der Waals surface area contributed by atoms with Crippen molar-refractivity contribution in [2.45, 2.75) is 40.0 Å². The minimum Gasteiger partial charge on any atom is -0.375 e. The molecule has 0 spiro atoms. The Bertz CT molecular complexity index is 543. The summed E-state index contributed by atoms with van der Waals surface area (Å²) < 4.78 is 0. The highest BCUT2D eigenvalue weighted by Gasteiger charge is 2.11. The molecule has 0 aliphatic carbocycles. The molecule has 0 fully saturated rings. The number of nitrogens with zero attached hydrogens (tertiary/aromatic N) is 1. The average Bonchev–Trinajstić information content (AvgIpc) is 2.66. The first-order valence-electron chi connectivity index (χ1n) is 6.41. The summed E-state index contributed by atoms with van der Waals surface area (Å²) >= 11 is 1.63. The van der Waals surface area contributed by atoms with Gasteiger partial charge in [0.2, 0.25) is 0 Å². The molecule has 0 amide bonds. The zero-order chi connectivity index (χ0) is 13.1. The number of aromatic nitrogens is 1. The van der Waals surface area contributed by atoms with Crippen LogP contribution in [0.2, 0.25) is 0 Å². The number of anilines is 1. The first-order chi connectivity index (χ1) is 8.61. The molecule has 0 saturated heterocycles. The number of benzene rings is 1. The number of thiazole rings is 1. The lowest BCUT2D eigenvalue weighted by Gasteiger charge is -2.08. The number of nitrogen functional groups attached to an aromatic ring is 1. The van der Waals surface area contributed by atoms with Gasteiger partial charge in [-0.2, -0.15) is 0 Å². The van der Waals surface area contributed by atoms with Crippen molar-refractivity contribution in [3.8, 4) is 0 Å². The van der Waals surface area contributed by atoms with E-state index < -0.39 is 0 Å². The van der Waals surface area contributed by atoms with E-state index in [4.69, 9.17) is 5.73 Å². The first kappa shape index (κ1) is 13.1. The zero-order valence-electron chi connectivity index (χ0n) is 11.3. The van der Waals surface area contributed by atoms with E-state index >= 15 is 0 Å². The van der Waals surface area contributed by atoms with E-state index in [0.29, 0.717) is 5.13 Å². The van der Waals surface area contributed by atoms with Crippen molar-refractivity contribution in [1.82, 2.24) is 4.98 Å². The topological polar surface area (TPSA) is 38.9 Å². The fourth-order valence-electron chi connectivity index (χ4n) is 2.15. The second-order valence-corrected chi connectivity index (χ2v) is 5.82. The van der Waals surface area contributed by atoms with E-state index in [-0.39, 0.29) is 0 Å². The summed E-state index contributed by atoms with van der Waals surface area (Å²) in [5.41, 5.74) is 11.1. The molecule has 0 aliphatic heterocycles. The van der Waals surface area contributed by atoms with E-state index in [0.717, 1.165) is 19.3 Å². The predicted molar refractivity (Wildman–Crippen MR) is 79.2 cm³/mol. The Labute approximate surface area is 113 Å². The highest BCUT2D eigenvalue weighted by atomic mass is 32.1. The summed E-state index contributed by atoms with van der Waals surface area (Å²) in [7, 11) is 0. The van der Waals surface area contributed by atoms with Crippen molar-refractivity contribution < 1.29 is 0 Å². The first-order valence-corrected chi connectivity index (χ1v) is 7.22. The van der Waals surface area contributed by atoms with Gasteiger partial charge >= 0.3 is 0 Å². The van der Waals surface area contributed by atoms with Crippen molar-refractivity contribution in [2.75, 3.05) is 5.73 Å². The molecule has 1 heterocycles. The Morgan fingerprint density at radius 3 is 2.78 bits per heavy atom. The van der Waals surface area contributed by atoms with Gasteiger partial charge in [-0.1, -0.05) is 31.5 Å². The summed E-state index contributed by atoms with van der Waals surface area (Å²) in [6.45, 7) is 6.53. The van der Waals surface area contributed by atoms with Gasteiger partial charge in [-0.3, -0.25) is 0 Å². The van der Waals surface area contributed by atoms with Gasteiger partial charge in [0.05, 0.1) is 5.69 Å². The lowest BCUT2D eigenvalue weighted by atomic mass is 9.99. The van der Waals surface area contributed by atoms with Gasteiger partial charge in [0.15, 0.2) is 5.13 Å². The lowest BCUT2D eigenvalue weighted by molar-refractivity contribution is 0.879. The maximum Gasteiger partial charge on any atom is 0.180 e. The maximum absolute atomic E-state index is 5.84. The Kier molecular flexibility index (Phi) is 4.02. The third-order valence-corrected chi connectivity index (χ3v) is 4.28. The Morgan fingerprint density at radius 1 is 1.28 bits per heavy atom. The van der Waals surface area contributed by atoms with Crippen LogP contribution in [0.3, 0.4) is 0 Å². The van der Waals surface area contributed by atoms with Crippen LogP contribution in [-0.2, 0) is 12.8 Å². The van der Waals surface area contributed by atoms with E-state index in [1.165, 1.54) is 27.3 Å². The van der Waals surface area contributed by atoms with Crippen molar-refractivity contribution in [2.24, 2.45) is 0 Å².